The minimum atomic E-state index is -0.703. The van der Waals surface area contributed by atoms with E-state index in [-0.39, 0.29) is 18.0 Å². The molecule has 1 saturated carbocycles. The van der Waals surface area contributed by atoms with Gasteiger partial charge in [0.25, 0.3) is 0 Å². The Balaban J connectivity index is 1.21. The molecule has 0 saturated heterocycles. The third-order valence-corrected chi connectivity index (χ3v) is 7.19. The molecule has 0 atom stereocenters. The van der Waals surface area contributed by atoms with Crippen LogP contribution in [-0.4, -0.2) is 27.6 Å². The molecule has 3 aromatic rings. The summed E-state index contributed by atoms with van der Waals surface area (Å²) in [4.78, 5) is 40.3. The Morgan fingerprint density at radius 3 is 2.25 bits per heavy atom. The summed E-state index contributed by atoms with van der Waals surface area (Å²) >= 11 is 0. The topological polar surface area (TPSA) is 84.3 Å². The number of carboxylic acid groups (broad SMARTS) is 1. The summed E-state index contributed by atoms with van der Waals surface area (Å²) in [7, 11) is 0. The summed E-state index contributed by atoms with van der Waals surface area (Å²) < 4.78 is 0. The van der Waals surface area contributed by atoms with Gasteiger partial charge in [-0.15, -0.1) is 0 Å². The SMILES string of the molecule is O=C(O)CC1CCC(c2ccc(CC(=O)CCCC(=O)c3cncc(-c4ccccc4)c3)cc2)CC1. The first-order valence-electron chi connectivity index (χ1n) is 12.8. The second-order valence-corrected chi connectivity index (χ2v) is 9.88. The standard InChI is InChI=1S/C31H33NO4/c33-29(7-4-8-30(34)28-19-27(20-32-21-28)24-5-2-1-3-6-24)17-22-9-13-25(14-10-22)26-15-11-23(12-16-26)18-31(35)36/h1-3,5-6,9-10,13-14,19-21,23,26H,4,7-8,11-12,15-18H2,(H,35,36). The Labute approximate surface area is 212 Å². The zero-order valence-electron chi connectivity index (χ0n) is 20.6. The molecule has 0 unspecified atom stereocenters. The first-order valence-corrected chi connectivity index (χ1v) is 12.8. The van der Waals surface area contributed by atoms with Crippen LogP contribution in [0.25, 0.3) is 11.1 Å². The van der Waals surface area contributed by atoms with Gasteiger partial charge in [0.15, 0.2) is 5.78 Å². The monoisotopic (exact) mass is 483 g/mol. The number of hydrogen-bond donors (Lipinski definition) is 1. The number of hydrogen-bond acceptors (Lipinski definition) is 4. The molecule has 36 heavy (non-hydrogen) atoms. The highest BCUT2D eigenvalue weighted by Gasteiger charge is 2.24. The largest absolute Gasteiger partial charge is 0.481 e. The normalized spacial score (nSPS) is 17.4. The molecule has 1 aliphatic carbocycles. The second kappa shape index (κ2) is 12.4. The molecule has 1 heterocycles. The first kappa shape index (κ1) is 25.5. The van der Waals surface area contributed by atoms with Crippen molar-refractivity contribution in [3.8, 4) is 11.1 Å². The number of pyridine rings is 1. The minimum Gasteiger partial charge on any atom is -0.481 e. The lowest BCUT2D eigenvalue weighted by Gasteiger charge is -2.28. The summed E-state index contributed by atoms with van der Waals surface area (Å²) in [5.41, 5.74) is 4.78. The third-order valence-electron chi connectivity index (χ3n) is 7.19. The van der Waals surface area contributed by atoms with Gasteiger partial charge in [0.2, 0.25) is 0 Å². The van der Waals surface area contributed by atoms with Crippen LogP contribution in [0.3, 0.4) is 0 Å². The number of aromatic nitrogens is 1. The average Bonchev–Trinajstić information content (AvgIpc) is 2.90. The van der Waals surface area contributed by atoms with Crippen LogP contribution in [-0.2, 0) is 16.0 Å². The molecule has 0 radical (unpaired) electrons. The summed E-state index contributed by atoms with van der Waals surface area (Å²) in [6, 6.07) is 20.0. The molecule has 186 valence electrons. The van der Waals surface area contributed by atoms with Crippen molar-refractivity contribution in [3.05, 3.63) is 89.7 Å². The van der Waals surface area contributed by atoms with Crippen LogP contribution in [0, 0.1) is 5.92 Å². The Kier molecular flexibility index (Phi) is 8.77. The Bertz CT molecular complexity index is 1180. The van der Waals surface area contributed by atoms with E-state index >= 15 is 0 Å². The fourth-order valence-electron chi connectivity index (χ4n) is 5.14. The highest BCUT2D eigenvalue weighted by atomic mass is 16.4. The highest BCUT2D eigenvalue weighted by Crippen LogP contribution is 2.37. The van der Waals surface area contributed by atoms with Gasteiger partial charge in [0.05, 0.1) is 0 Å². The van der Waals surface area contributed by atoms with E-state index in [0.29, 0.717) is 43.1 Å². The molecule has 1 aliphatic rings. The summed E-state index contributed by atoms with van der Waals surface area (Å²) in [5.74, 6) is 0.217. The first-order chi connectivity index (χ1) is 17.5. The predicted molar refractivity (Wildman–Crippen MR) is 140 cm³/mol. The summed E-state index contributed by atoms with van der Waals surface area (Å²) in [6.07, 6.45) is 9.21. The Morgan fingerprint density at radius 1 is 0.833 bits per heavy atom. The van der Waals surface area contributed by atoms with Gasteiger partial charge in [-0.1, -0.05) is 54.6 Å². The van der Waals surface area contributed by atoms with E-state index < -0.39 is 5.97 Å². The van der Waals surface area contributed by atoms with E-state index in [9.17, 15) is 14.4 Å². The number of rotatable bonds is 11. The van der Waals surface area contributed by atoms with Gasteiger partial charge in [0.1, 0.15) is 5.78 Å². The van der Waals surface area contributed by atoms with Gasteiger partial charge >= 0.3 is 5.97 Å². The van der Waals surface area contributed by atoms with Gasteiger partial charge in [0, 0.05) is 49.2 Å². The van der Waals surface area contributed by atoms with E-state index in [2.05, 4.69) is 17.1 Å². The number of carboxylic acids is 1. The van der Waals surface area contributed by atoms with E-state index in [1.165, 1.54) is 5.56 Å². The quantitative estimate of drug-likeness (QED) is 0.308. The van der Waals surface area contributed by atoms with Crippen LogP contribution in [0.1, 0.15) is 78.8 Å². The molecule has 0 spiro atoms. The van der Waals surface area contributed by atoms with Crippen molar-refractivity contribution < 1.29 is 19.5 Å². The predicted octanol–water partition coefficient (Wildman–Crippen LogP) is 6.66. The fourth-order valence-corrected chi connectivity index (χ4v) is 5.14. The van der Waals surface area contributed by atoms with Crippen LogP contribution >= 0.6 is 0 Å². The van der Waals surface area contributed by atoms with Crippen molar-refractivity contribution in [2.24, 2.45) is 5.92 Å². The van der Waals surface area contributed by atoms with E-state index in [1.54, 1.807) is 12.4 Å². The number of aliphatic carboxylic acids is 1. The van der Waals surface area contributed by atoms with Crippen LogP contribution in [0.4, 0.5) is 0 Å². The number of ketones is 2. The number of Topliss-reactive ketones (excluding diaryl/α,β-unsaturated/α-hetero) is 2. The molecule has 0 bridgehead atoms. The lowest BCUT2D eigenvalue weighted by atomic mass is 9.77. The van der Waals surface area contributed by atoms with E-state index in [0.717, 1.165) is 42.4 Å². The zero-order chi connectivity index (χ0) is 25.3. The molecular formula is C31H33NO4. The number of nitrogens with zero attached hydrogens (tertiary/aromatic N) is 1. The van der Waals surface area contributed by atoms with E-state index in [1.807, 2.05) is 48.5 Å². The highest BCUT2D eigenvalue weighted by molar-refractivity contribution is 5.97. The average molecular weight is 484 g/mol. The Hall–Kier alpha value is -3.60. The van der Waals surface area contributed by atoms with Crippen LogP contribution in [0.2, 0.25) is 0 Å². The summed E-state index contributed by atoms with van der Waals surface area (Å²) in [6.45, 7) is 0. The Morgan fingerprint density at radius 2 is 1.56 bits per heavy atom. The molecule has 2 aromatic carbocycles. The van der Waals surface area contributed by atoms with Crippen molar-refractivity contribution in [1.29, 1.82) is 0 Å². The molecule has 1 fully saturated rings. The van der Waals surface area contributed by atoms with Crippen LogP contribution < -0.4 is 0 Å². The van der Waals surface area contributed by atoms with Crippen molar-refractivity contribution in [1.82, 2.24) is 4.98 Å². The van der Waals surface area contributed by atoms with Crippen molar-refractivity contribution in [2.75, 3.05) is 0 Å². The summed E-state index contributed by atoms with van der Waals surface area (Å²) in [5, 5.41) is 8.99. The maximum absolute atomic E-state index is 12.6. The maximum atomic E-state index is 12.6. The zero-order valence-corrected chi connectivity index (χ0v) is 20.6. The number of carbonyl (C=O) groups is 3. The smallest absolute Gasteiger partial charge is 0.303 e. The molecule has 5 heteroatoms. The van der Waals surface area contributed by atoms with Crippen LogP contribution in [0.15, 0.2) is 73.1 Å². The molecule has 0 amide bonds. The minimum absolute atomic E-state index is 0.00973. The third kappa shape index (κ3) is 7.20. The lowest BCUT2D eigenvalue weighted by molar-refractivity contribution is -0.138. The van der Waals surface area contributed by atoms with Crippen molar-refractivity contribution in [3.63, 3.8) is 0 Å². The maximum Gasteiger partial charge on any atom is 0.303 e. The molecule has 0 aliphatic heterocycles. The van der Waals surface area contributed by atoms with Gasteiger partial charge in [-0.2, -0.15) is 0 Å². The van der Waals surface area contributed by atoms with Gasteiger partial charge < -0.3 is 5.11 Å². The molecule has 5 nitrogen and oxygen atoms in total. The second-order valence-electron chi connectivity index (χ2n) is 9.88. The van der Waals surface area contributed by atoms with Crippen molar-refractivity contribution in [2.45, 2.75) is 63.7 Å². The van der Waals surface area contributed by atoms with Gasteiger partial charge in [-0.3, -0.25) is 19.4 Å². The molecule has 4 rings (SSSR count). The number of carbonyl (C=O) groups excluding carboxylic acids is 2. The molecule has 1 N–H and O–H groups in total. The van der Waals surface area contributed by atoms with Gasteiger partial charge in [-0.25, -0.2) is 0 Å². The molecular weight excluding hydrogens is 450 g/mol. The van der Waals surface area contributed by atoms with Crippen LogP contribution in [0.5, 0.6) is 0 Å². The lowest BCUT2D eigenvalue weighted by Crippen LogP contribution is -2.16. The van der Waals surface area contributed by atoms with Gasteiger partial charge in [-0.05, 0) is 66.7 Å². The van der Waals surface area contributed by atoms with Crippen molar-refractivity contribution >= 4 is 17.5 Å². The molecule has 1 aromatic heterocycles. The number of benzene rings is 2. The fraction of sp³-hybridized carbons (Fsp3) is 0.355. The van der Waals surface area contributed by atoms with E-state index in [4.69, 9.17) is 5.11 Å².